The maximum atomic E-state index is 12.0. The highest BCUT2D eigenvalue weighted by molar-refractivity contribution is 5.86. The van der Waals surface area contributed by atoms with Gasteiger partial charge in [-0.25, -0.2) is 4.79 Å². The molecule has 0 unspecified atom stereocenters. The molecule has 2 amide bonds. The van der Waals surface area contributed by atoms with E-state index in [4.69, 9.17) is 5.73 Å². The van der Waals surface area contributed by atoms with Gasteiger partial charge >= 0.3 is 6.03 Å². The lowest BCUT2D eigenvalue weighted by molar-refractivity contribution is 0.193. The molecule has 6 nitrogen and oxygen atoms in total. The minimum atomic E-state index is 0. The number of nitrogen functional groups attached to an aromatic ring is 1. The normalized spacial score (nSPS) is 13.5. The van der Waals surface area contributed by atoms with Gasteiger partial charge in [-0.15, -0.1) is 37.2 Å². The van der Waals surface area contributed by atoms with Crippen LogP contribution in [-0.2, 0) is 0 Å². The van der Waals surface area contributed by atoms with Gasteiger partial charge in [-0.3, -0.25) is 0 Å². The number of halogens is 3. The zero-order valence-electron chi connectivity index (χ0n) is 14.1. The first-order valence-electron chi connectivity index (χ1n) is 7.34. The number of anilines is 2. The smallest absolute Gasteiger partial charge is 0.317 e. The van der Waals surface area contributed by atoms with Crippen molar-refractivity contribution in [2.75, 3.05) is 64.0 Å². The van der Waals surface area contributed by atoms with Crippen molar-refractivity contribution in [2.24, 2.45) is 0 Å². The Morgan fingerprint density at radius 1 is 1.08 bits per heavy atom. The number of nitrogens with zero attached hydrogens (tertiary/aromatic N) is 3. The summed E-state index contributed by atoms with van der Waals surface area (Å²) in [7, 11) is 4.00. The first kappa shape index (κ1) is 25.2. The summed E-state index contributed by atoms with van der Waals surface area (Å²) in [4.78, 5) is 18.2. The molecule has 140 valence electrons. The summed E-state index contributed by atoms with van der Waals surface area (Å²) in [6, 6.07) is 7.92. The third kappa shape index (κ3) is 7.66. The average molecular weight is 401 g/mol. The largest absolute Gasteiger partial charge is 0.399 e. The van der Waals surface area contributed by atoms with E-state index in [0.717, 1.165) is 44.1 Å². The molecule has 2 rings (SSSR count). The molecule has 0 saturated carbocycles. The number of hydrogen-bond acceptors (Lipinski definition) is 4. The van der Waals surface area contributed by atoms with Crippen LogP contribution in [0.3, 0.4) is 0 Å². The molecule has 1 aliphatic rings. The number of carbonyl (C=O) groups is 1. The molecule has 1 aromatic rings. The maximum absolute atomic E-state index is 12.0. The SMILES string of the molecule is CN(C)CCNC(=O)N1CCN(c2ccc(N)cc2)CC1.Cl.Cl.Cl. The topological polar surface area (TPSA) is 64.8 Å². The molecule has 0 aliphatic carbocycles. The van der Waals surface area contributed by atoms with Crippen LogP contribution in [0.1, 0.15) is 0 Å². The van der Waals surface area contributed by atoms with Gasteiger partial charge in [-0.1, -0.05) is 0 Å². The molecule has 0 atom stereocenters. The summed E-state index contributed by atoms with van der Waals surface area (Å²) >= 11 is 0. The van der Waals surface area contributed by atoms with Crippen molar-refractivity contribution in [3.8, 4) is 0 Å². The van der Waals surface area contributed by atoms with Crippen LogP contribution in [0, 0.1) is 0 Å². The fraction of sp³-hybridized carbons (Fsp3) is 0.533. The quantitative estimate of drug-likeness (QED) is 0.758. The van der Waals surface area contributed by atoms with Crippen LogP contribution >= 0.6 is 37.2 Å². The summed E-state index contributed by atoms with van der Waals surface area (Å²) in [5.41, 5.74) is 7.64. The number of carbonyl (C=O) groups excluding carboxylic acids is 1. The molecular weight excluding hydrogens is 373 g/mol. The predicted molar refractivity (Wildman–Crippen MR) is 108 cm³/mol. The average Bonchev–Trinajstić information content (AvgIpc) is 2.48. The van der Waals surface area contributed by atoms with Gasteiger partial charge in [0.1, 0.15) is 0 Å². The van der Waals surface area contributed by atoms with Crippen LogP contribution in [0.4, 0.5) is 16.2 Å². The van der Waals surface area contributed by atoms with Crippen LogP contribution in [0.2, 0.25) is 0 Å². The van der Waals surface area contributed by atoms with Gasteiger partial charge in [0, 0.05) is 50.6 Å². The molecule has 3 N–H and O–H groups in total. The number of rotatable bonds is 4. The monoisotopic (exact) mass is 399 g/mol. The van der Waals surface area contributed by atoms with Crippen molar-refractivity contribution in [1.82, 2.24) is 15.1 Å². The molecule has 0 aromatic heterocycles. The van der Waals surface area contributed by atoms with E-state index in [1.807, 2.05) is 43.3 Å². The molecule has 1 aromatic carbocycles. The standard InChI is InChI=1S/C15H25N5O.3ClH/c1-18(2)8-7-17-15(21)20-11-9-19(10-12-20)14-5-3-13(16)4-6-14;;;/h3-6H,7-12,16H2,1-2H3,(H,17,21);3*1H. The van der Waals surface area contributed by atoms with E-state index in [1.54, 1.807) is 0 Å². The second-order valence-electron chi connectivity index (χ2n) is 5.60. The number of benzene rings is 1. The van der Waals surface area contributed by atoms with Crippen LogP contribution in [-0.4, -0.2) is 69.2 Å². The van der Waals surface area contributed by atoms with Crippen LogP contribution in [0.15, 0.2) is 24.3 Å². The highest BCUT2D eigenvalue weighted by Gasteiger charge is 2.20. The van der Waals surface area contributed by atoms with Crippen molar-refractivity contribution < 1.29 is 4.79 Å². The Morgan fingerprint density at radius 3 is 2.12 bits per heavy atom. The van der Waals surface area contributed by atoms with E-state index >= 15 is 0 Å². The van der Waals surface area contributed by atoms with E-state index in [9.17, 15) is 4.79 Å². The second-order valence-corrected chi connectivity index (χ2v) is 5.60. The zero-order valence-corrected chi connectivity index (χ0v) is 16.6. The van der Waals surface area contributed by atoms with E-state index in [0.29, 0.717) is 6.54 Å². The van der Waals surface area contributed by atoms with Gasteiger partial charge in [0.05, 0.1) is 0 Å². The number of hydrogen-bond donors (Lipinski definition) is 2. The fourth-order valence-corrected chi connectivity index (χ4v) is 2.35. The van der Waals surface area contributed by atoms with E-state index in [2.05, 4.69) is 15.1 Å². The Bertz CT molecular complexity index is 465. The number of urea groups is 1. The lowest BCUT2D eigenvalue weighted by Gasteiger charge is -2.36. The third-order valence-electron chi connectivity index (χ3n) is 3.66. The first-order valence-corrected chi connectivity index (χ1v) is 7.34. The van der Waals surface area contributed by atoms with E-state index in [1.165, 1.54) is 0 Å². The van der Waals surface area contributed by atoms with Crippen molar-refractivity contribution in [1.29, 1.82) is 0 Å². The summed E-state index contributed by atoms with van der Waals surface area (Å²) < 4.78 is 0. The fourth-order valence-electron chi connectivity index (χ4n) is 2.35. The van der Waals surface area contributed by atoms with Gasteiger partial charge in [-0.05, 0) is 38.4 Å². The summed E-state index contributed by atoms with van der Waals surface area (Å²) in [5.74, 6) is 0. The zero-order chi connectivity index (χ0) is 15.2. The van der Waals surface area contributed by atoms with Gasteiger partial charge in [0.15, 0.2) is 0 Å². The number of likely N-dealkylation sites (N-methyl/N-ethyl adjacent to an activating group) is 1. The molecule has 0 radical (unpaired) electrons. The van der Waals surface area contributed by atoms with Gasteiger partial charge < -0.3 is 25.8 Å². The van der Waals surface area contributed by atoms with Gasteiger partial charge in [0.25, 0.3) is 0 Å². The van der Waals surface area contributed by atoms with Crippen LogP contribution < -0.4 is 16.0 Å². The molecule has 1 aliphatic heterocycles. The Labute approximate surface area is 163 Å². The van der Waals surface area contributed by atoms with Crippen molar-refractivity contribution in [3.05, 3.63) is 24.3 Å². The third-order valence-corrected chi connectivity index (χ3v) is 3.66. The minimum Gasteiger partial charge on any atom is -0.399 e. The molecule has 0 bridgehead atoms. The maximum Gasteiger partial charge on any atom is 0.317 e. The lowest BCUT2D eigenvalue weighted by Crippen LogP contribution is -2.52. The van der Waals surface area contributed by atoms with Crippen molar-refractivity contribution in [3.63, 3.8) is 0 Å². The Kier molecular flexibility index (Phi) is 12.9. The summed E-state index contributed by atoms with van der Waals surface area (Å²) in [6.45, 7) is 4.74. The molecule has 0 spiro atoms. The molecule has 24 heavy (non-hydrogen) atoms. The number of nitrogens with one attached hydrogen (secondary N) is 1. The summed E-state index contributed by atoms with van der Waals surface area (Å²) in [6.07, 6.45) is 0. The van der Waals surface area contributed by atoms with Crippen molar-refractivity contribution >= 4 is 54.6 Å². The Morgan fingerprint density at radius 2 is 1.62 bits per heavy atom. The van der Waals surface area contributed by atoms with Gasteiger partial charge in [0.2, 0.25) is 0 Å². The molecule has 9 heteroatoms. The van der Waals surface area contributed by atoms with E-state index < -0.39 is 0 Å². The molecular formula is C15H28Cl3N5O. The number of nitrogens with two attached hydrogens (primary N) is 1. The highest BCUT2D eigenvalue weighted by atomic mass is 35.5. The highest BCUT2D eigenvalue weighted by Crippen LogP contribution is 2.18. The first-order chi connectivity index (χ1) is 10.1. The van der Waals surface area contributed by atoms with Crippen LogP contribution in [0.5, 0.6) is 0 Å². The predicted octanol–water partition coefficient (Wildman–Crippen LogP) is 1.93. The molecule has 1 saturated heterocycles. The Balaban J connectivity index is 0. The van der Waals surface area contributed by atoms with E-state index in [-0.39, 0.29) is 43.3 Å². The minimum absolute atomic E-state index is 0. The summed E-state index contributed by atoms with van der Waals surface area (Å²) in [5, 5.41) is 2.96. The lowest BCUT2D eigenvalue weighted by atomic mass is 10.2. The number of amides is 2. The second kappa shape index (κ2) is 12.3. The molecule has 1 heterocycles. The van der Waals surface area contributed by atoms with Crippen molar-refractivity contribution in [2.45, 2.75) is 0 Å². The van der Waals surface area contributed by atoms with Crippen LogP contribution in [0.25, 0.3) is 0 Å². The number of piperazine rings is 1. The van der Waals surface area contributed by atoms with Gasteiger partial charge in [-0.2, -0.15) is 0 Å². The Hall–Kier alpha value is -1.08. The molecule has 1 fully saturated rings.